The highest BCUT2D eigenvalue weighted by Gasteiger charge is 2.25. The largest absolute Gasteiger partial charge is 0.361 e. The molecule has 1 aliphatic heterocycles. The van der Waals surface area contributed by atoms with Crippen LogP contribution in [-0.2, 0) is 26.6 Å². The number of Topliss-reactive ketones (excluding diaryl/α,β-unsaturated/α-hetero) is 1. The molecule has 0 saturated carbocycles. The number of aryl methyl sites for hydroxylation is 1. The van der Waals surface area contributed by atoms with Crippen LogP contribution in [0.15, 0.2) is 48.9 Å². The summed E-state index contributed by atoms with van der Waals surface area (Å²) >= 11 is 1.54. The van der Waals surface area contributed by atoms with Crippen molar-refractivity contribution in [1.82, 2.24) is 14.5 Å². The van der Waals surface area contributed by atoms with Gasteiger partial charge < -0.3 is 14.5 Å². The van der Waals surface area contributed by atoms with Crippen molar-refractivity contribution in [3.63, 3.8) is 0 Å². The molecule has 0 aliphatic carbocycles. The molecule has 5 nitrogen and oxygen atoms in total. The van der Waals surface area contributed by atoms with Gasteiger partial charge in [0.25, 0.3) is 0 Å². The second kappa shape index (κ2) is 8.94. The minimum atomic E-state index is 0.228. The van der Waals surface area contributed by atoms with Crippen molar-refractivity contribution in [3.05, 3.63) is 70.6 Å². The molecule has 1 N–H and O–H groups in total. The minimum absolute atomic E-state index is 0.228. The van der Waals surface area contributed by atoms with Crippen molar-refractivity contribution in [2.45, 2.75) is 52.1 Å². The number of anilines is 1. The predicted octanol–water partition coefficient (Wildman–Crippen LogP) is 6.11. The Hall–Kier alpha value is -2.86. The number of hydrogen-bond donors (Lipinski definition) is 1. The van der Waals surface area contributed by atoms with Gasteiger partial charge >= 0.3 is 0 Å². The van der Waals surface area contributed by atoms with Crippen molar-refractivity contribution in [2.75, 3.05) is 4.90 Å². The molecule has 6 heteroatoms. The quantitative estimate of drug-likeness (QED) is 0.316. The fraction of sp³-hybridized carbons (Fsp3) is 0.385. The molecule has 4 heterocycles. The summed E-state index contributed by atoms with van der Waals surface area (Å²) in [5.74, 6) is 0.578. The van der Waals surface area contributed by atoms with Gasteiger partial charge in [-0.25, -0.2) is 4.98 Å². The second-order valence-corrected chi connectivity index (χ2v) is 9.97. The number of H-pyrrole nitrogens is 1. The van der Waals surface area contributed by atoms with Crippen molar-refractivity contribution in [2.24, 2.45) is 13.0 Å². The number of fused-ring (bicyclic) bond motifs is 2. The summed E-state index contributed by atoms with van der Waals surface area (Å²) in [5.41, 5.74) is 5.18. The summed E-state index contributed by atoms with van der Waals surface area (Å²) in [6.45, 7) is 3.95. The highest BCUT2D eigenvalue weighted by Crippen LogP contribution is 2.33. The van der Waals surface area contributed by atoms with Gasteiger partial charge in [-0.2, -0.15) is 0 Å². The van der Waals surface area contributed by atoms with Gasteiger partial charge in [0.2, 0.25) is 0 Å². The molecule has 4 aromatic rings. The average molecular weight is 447 g/mol. The van der Waals surface area contributed by atoms with Gasteiger partial charge in [0.15, 0.2) is 10.9 Å². The van der Waals surface area contributed by atoms with Crippen LogP contribution in [0.5, 0.6) is 0 Å². The number of carbonyl (C=O) groups is 1. The fourth-order valence-corrected chi connectivity index (χ4v) is 5.70. The first-order valence-electron chi connectivity index (χ1n) is 11.5. The number of ketones is 1. The van der Waals surface area contributed by atoms with Gasteiger partial charge in [0.05, 0.1) is 17.6 Å². The lowest BCUT2D eigenvalue weighted by Crippen LogP contribution is -2.15. The maximum Gasteiger partial charge on any atom is 0.186 e. The lowest BCUT2D eigenvalue weighted by molar-refractivity contribution is 0.0962. The zero-order valence-electron chi connectivity index (χ0n) is 18.8. The Morgan fingerprint density at radius 1 is 1.25 bits per heavy atom. The number of carbonyl (C=O) groups excluding carboxylic acids is 1. The molecule has 0 bridgehead atoms. The molecule has 32 heavy (non-hydrogen) atoms. The van der Waals surface area contributed by atoms with Crippen molar-refractivity contribution in [1.29, 1.82) is 0 Å². The van der Waals surface area contributed by atoms with Crippen LogP contribution in [0.4, 0.5) is 5.13 Å². The first kappa shape index (κ1) is 21.0. The van der Waals surface area contributed by atoms with Gasteiger partial charge in [-0.3, -0.25) is 4.79 Å². The van der Waals surface area contributed by atoms with Crippen molar-refractivity contribution < 1.29 is 4.79 Å². The van der Waals surface area contributed by atoms with E-state index in [1.54, 1.807) is 17.5 Å². The lowest BCUT2D eigenvalue weighted by atomic mass is 9.89. The Bertz CT molecular complexity index is 1230. The van der Waals surface area contributed by atoms with E-state index in [-0.39, 0.29) is 5.78 Å². The molecule has 5 rings (SSSR count). The molecule has 0 fully saturated rings. The number of rotatable bonds is 9. The number of hydrogen-bond acceptors (Lipinski definition) is 4. The Morgan fingerprint density at radius 3 is 2.97 bits per heavy atom. The summed E-state index contributed by atoms with van der Waals surface area (Å²) in [4.78, 5) is 24.2. The monoisotopic (exact) mass is 446 g/mol. The van der Waals surface area contributed by atoms with Gasteiger partial charge in [-0.1, -0.05) is 49.3 Å². The lowest BCUT2D eigenvalue weighted by Gasteiger charge is -2.15. The van der Waals surface area contributed by atoms with Crippen molar-refractivity contribution in [3.8, 4) is 0 Å². The molecule has 0 saturated heterocycles. The number of unbranched alkanes of at least 4 members (excludes halogenated alkanes) is 1. The van der Waals surface area contributed by atoms with E-state index in [1.165, 1.54) is 27.7 Å². The molecule has 166 valence electrons. The van der Waals surface area contributed by atoms with Crippen molar-refractivity contribution >= 4 is 33.2 Å². The SMILES string of the molecule is CCCCC(CC(=O)c1cnc(N2Cc3ccn(C)c3C2)s1)Cc1c[nH]c2ccccc12. The first-order chi connectivity index (χ1) is 15.6. The highest BCUT2D eigenvalue weighted by molar-refractivity contribution is 7.17. The van der Waals surface area contributed by atoms with Crippen LogP contribution < -0.4 is 4.90 Å². The van der Waals surface area contributed by atoms with Crippen LogP contribution in [0.2, 0.25) is 0 Å². The van der Waals surface area contributed by atoms with E-state index >= 15 is 0 Å². The third-order valence-electron chi connectivity index (χ3n) is 6.66. The molecule has 1 unspecified atom stereocenters. The molecule has 0 radical (unpaired) electrons. The number of nitrogens with one attached hydrogen (secondary N) is 1. The number of aromatic amines is 1. The maximum absolute atomic E-state index is 13.2. The fourth-order valence-electron chi connectivity index (χ4n) is 4.83. The van der Waals surface area contributed by atoms with Crippen LogP contribution in [0.3, 0.4) is 0 Å². The Balaban J connectivity index is 1.27. The first-order valence-corrected chi connectivity index (χ1v) is 12.4. The maximum atomic E-state index is 13.2. The molecule has 1 atom stereocenters. The van der Waals surface area contributed by atoms with Gasteiger partial charge in [-0.15, -0.1) is 0 Å². The molecular weight excluding hydrogens is 416 g/mol. The highest BCUT2D eigenvalue weighted by atomic mass is 32.1. The molecule has 1 aromatic carbocycles. The Labute approximate surface area is 193 Å². The van der Waals surface area contributed by atoms with E-state index in [0.29, 0.717) is 12.3 Å². The van der Waals surface area contributed by atoms with Crippen LogP contribution in [0, 0.1) is 5.92 Å². The Kier molecular flexibility index (Phi) is 5.87. The summed E-state index contributed by atoms with van der Waals surface area (Å²) < 4.78 is 2.18. The average Bonchev–Trinajstić information content (AvgIpc) is 3.57. The number of aromatic nitrogens is 3. The zero-order valence-corrected chi connectivity index (χ0v) is 19.6. The molecule has 3 aromatic heterocycles. The van der Waals surface area contributed by atoms with Crippen LogP contribution >= 0.6 is 11.3 Å². The summed E-state index contributed by atoms with van der Waals surface area (Å²) in [5, 5.41) is 2.22. The topological polar surface area (TPSA) is 53.9 Å². The van der Waals surface area contributed by atoms with Crippen LogP contribution in [0.1, 0.15) is 59.1 Å². The van der Waals surface area contributed by atoms with E-state index in [9.17, 15) is 4.79 Å². The minimum Gasteiger partial charge on any atom is -0.361 e. The van der Waals surface area contributed by atoms with Crippen LogP contribution in [0.25, 0.3) is 10.9 Å². The third kappa shape index (κ3) is 4.11. The molecular formula is C26H30N4OS. The van der Waals surface area contributed by atoms with E-state index < -0.39 is 0 Å². The molecule has 0 amide bonds. The normalized spacial score (nSPS) is 14.2. The van der Waals surface area contributed by atoms with Gasteiger partial charge in [-0.05, 0) is 42.0 Å². The number of nitrogens with zero attached hydrogens (tertiary/aromatic N) is 3. The summed E-state index contributed by atoms with van der Waals surface area (Å²) in [6.07, 6.45) is 10.9. The number of thiazole rings is 1. The smallest absolute Gasteiger partial charge is 0.186 e. The van der Waals surface area contributed by atoms with E-state index in [2.05, 4.69) is 76.1 Å². The Morgan fingerprint density at radius 2 is 2.12 bits per heavy atom. The predicted molar refractivity (Wildman–Crippen MR) is 131 cm³/mol. The third-order valence-corrected chi connectivity index (χ3v) is 7.76. The molecule has 1 aliphatic rings. The molecule has 0 spiro atoms. The second-order valence-electron chi connectivity index (χ2n) is 8.96. The van der Waals surface area contributed by atoms with Gasteiger partial charge in [0, 0.05) is 49.0 Å². The van der Waals surface area contributed by atoms with Crippen LogP contribution in [-0.4, -0.2) is 20.3 Å². The van der Waals surface area contributed by atoms with Gasteiger partial charge in [0.1, 0.15) is 0 Å². The summed E-state index contributed by atoms with van der Waals surface area (Å²) in [6, 6.07) is 10.6. The number of para-hydroxylation sites is 1. The van der Waals surface area contributed by atoms with E-state index in [1.807, 2.05) is 0 Å². The standard InChI is InChI=1S/C26H30N4OS/c1-3-4-7-18(12-20-14-27-22-9-6-5-8-21(20)22)13-24(31)25-15-28-26(32-25)30-16-19-10-11-29(2)23(19)17-30/h5-6,8-11,14-15,18,27H,3-4,7,12-13,16-17H2,1-2H3. The zero-order chi connectivity index (χ0) is 22.1. The van der Waals surface area contributed by atoms with E-state index in [0.717, 1.165) is 48.8 Å². The summed E-state index contributed by atoms with van der Waals surface area (Å²) in [7, 11) is 2.09. The number of benzene rings is 1. The van der Waals surface area contributed by atoms with E-state index in [4.69, 9.17) is 0 Å².